The predicted octanol–water partition coefficient (Wildman–Crippen LogP) is 2.43. The zero-order chi connectivity index (χ0) is 12.3. The van der Waals surface area contributed by atoms with E-state index >= 15 is 0 Å². The smallest absolute Gasteiger partial charge is 0.0449 e. The fourth-order valence-corrected chi connectivity index (χ4v) is 2.48. The first-order chi connectivity index (χ1) is 8.16. The lowest BCUT2D eigenvalue weighted by Crippen LogP contribution is -2.37. The summed E-state index contributed by atoms with van der Waals surface area (Å²) in [6.07, 6.45) is 1.16. The fourth-order valence-electron chi connectivity index (χ4n) is 2.48. The molecule has 0 radical (unpaired) electrons. The van der Waals surface area contributed by atoms with Gasteiger partial charge < -0.3 is 10.6 Å². The van der Waals surface area contributed by atoms with Crippen LogP contribution >= 0.6 is 0 Å². The van der Waals surface area contributed by atoms with E-state index in [9.17, 15) is 0 Å². The molecular weight excluding hydrogens is 208 g/mol. The van der Waals surface area contributed by atoms with Crippen LogP contribution in [-0.4, -0.2) is 19.6 Å². The molecule has 1 heterocycles. The van der Waals surface area contributed by atoms with E-state index in [-0.39, 0.29) is 0 Å². The Morgan fingerprint density at radius 3 is 3.00 bits per heavy atom. The van der Waals surface area contributed by atoms with Crippen molar-refractivity contribution in [2.24, 2.45) is 5.92 Å². The monoisotopic (exact) mass is 232 g/mol. The van der Waals surface area contributed by atoms with Gasteiger partial charge in [-0.1, -0.05) is 37.6 Å². The molecule has 0 saturated carbocycles. The van der Waals surface area contributed by atoms with Crippen LogP contribution in [0.3, 0.4) is 0 Å². The minimum Gasteiger partial charge on any atom is -0.315 e. The molecule has 0 aliphatic carbocycles. The van der Waals surface area contributed by atoms with Crippen molar-refractivity contribution in [3.05, 3.63) is 34.9 Å². The van der Waals surface area contributed by atoms with Gasteiger partial charge in [-0.15, -0.1) is 0 Å². The molecule has 2 nitrogen and oxygen atoms in total. The number of aryl methyl sites for hydroxylation is 1. The summed E-state index contributed by atoms with van der Waals surface area (Å²) < 4.78 is 0. The SMILES string of the molecule is Cc1ccc2c(c1)CCNC2CNCC(C)C. The Bertz CT molecular complexity index is 371. The molecule has 1 aromatic carbocycles. The largest absolute Gasteiger partial charge is 0.315 e. The van der Waals surface area contributed by atoms with Crippen LogP contribution in [0.4, 0.5) is 0 Å². The van der Waals surface area contributed by atoms with Crippen LogP contribution in [0.1, 0.15) is 36.6 Å². The Hall–Kier alpha value is -0.860. The molecule has 1 unspecified atom stereocenters. The molecule has 0 spiro atoms. The summed E-state index contributed by atoms with van der Waals surface area (Å²) >= 11 is 0. The van der Waals surface area contributed by atoms with E-state index in [4.69, 9.17) is 0 Å². The van der Waals surface area contributed by atoms with Gasteiger partial charge in [0.25, 0.3) is 0 Å². The summed E-state index contributed by atoms with van der Waals surface area (Å²) in [6, 6.07) is 7.34. The molecule has 94 valence electrons. The summed E-state index contributed by atoms with van der Waals surface area (Å²) in [7, 11) is 0. The maximum absolute atomic E-state index is 3.61. The highest BCUT2D eigenvalue weighted by Crippen LogP contribution is 2.23. The average molecular weight is 232 g/mol. The van der Waals surface area contributed by atoms with Gasteiger partial charge in [0.1, 0.15) is 0 Å². The Balaban J connectivity index is 2.02. The number of hydrogen-bond donors (Lipinski definition) is 2. The number of fused-ring (bicyclic) bond motifs is 1. The third-order valence-corrected chi connectivity index (χ3v) is 3.36. The summed E-state index contributed by atoms with van der Waals surface area (Å²) in [5.41, 5.74) is 4.39. The molecule has 2 N–H and O–H groups in total. The lowest BCUT2D eigenvalue weighted by molar-refractivity contribution is 0.448. The van der Waals surface area contributed by atoms with E-state index < -0.39 is 0 Å². The first-order valence-corrected chi connectivity index (χ1v) is 6.70. The summed E-state index contributed by atoms with van der Waals surface area (Å²) in [5, 5.41) is 7.15. The minimum atomic E-state index is 0.484. The van der Waals surface area contributed by atoms with Crippen molar-refractivity contribution in [3.8, 4) is 0 Å². The summed E-state index contributed by atoms with van der Waals surface area (Å²) in [4.78, 5) is 0. The summed E-state index contributed by atoms with van der Waals surface area (Å²) in [6.45, 7) is 9.91. The quantitative estimate of drug-likeness (QED) is 0.833. The second kappa shape index (κ2) is 5.65. The van der Waals surface area contributed by atoms with Gasteiger partial charge in [-0.05, 0) is 43.5 Å². The third kappa shape index (κ3) is 3.30. The zero-order valence-electron chi connectivity index (χ0n) is 11.2. The van der Waals surface area contributed by atoms with E-state index in [1.165, 1.54) is 16.7 Å². The van der Waals surface area contributed by atoms with Gasteiger partial charge in [-0.2, -0.15) is 0 Å². The van der Waals surface area contributed by atoms with Crippen molar-refractivity contribution in [1.82, 2.24) is 10.6 Å². The average Bonchev–Trinajstić information content (AvgIpc) is 2.28. The number of rotatable bonds is 4. The highest BCUT2D eigenvalue weighted by Gasteiger charge is 2.18. The molecule has 1 atom stereocenters. The van der Waals surface area contributed by atoms with Crippen LogP contribution in [0, 0.1) is 12.8 Å². The van der Waals surface area contributed by atoms with E-state index in [1.54, 1.807) is 0 Å². The molecule has 0 saturated heterocycles. The van der Waals surface area contributed by atoms with Gasteiger partial charge in [-0.25, -0.2) is 0 Å². The molecule has 0 aromatic heterocycles. The molecule has 2 heteroatoms. The molecule has 1 aliphatic heterocycles. The molecule has 0 amide bonds. The Labute approximate surface area is 105 Å². The van der Waals surface area contributed by atoms with Gasteiger partial charge in [-0.3, -0.25) is 0 Å². The molecule has 1 aromatic rings. The van der Waals surface area contributed by atoms with E-state index in [0.717, 1.165) is 32.0 Å². The lowest BCUT2D eigenvalue weighted by atomic mass is 9.93. The number of nitrogens with one attached hydrogen (secondary N) is 2. The van der Waals surface area contributed by atoms with E-state index in [0.29, 0.717) is 6.04 Å². The molecular formula is C15H24N2. The van der Waals surface area contributed by atoms with Crippen molar-refractivity contribution >= 4 is 0 Å². The van der Waals surface area contributed by atoms with Crippen LogP contribution < -0.4 is 10.6 Å². The second-order valence-electron chi connectivity index (χ2n) is 5.51. The maximum atomic E-state index is 3.61. The highest BCUT2D eigenvalue weighted by atomic mass is 15.0. The van der Waals surface area contributed by atoms with Gasteiger partial charge in [0.2, 0.25) is 0 Å². The lowest BCUT2D eigenvalue weighted by Gasteiger charge is -2.28. The summed E-state index contributed by atoms with van der Waals surface area (Å²) in [5.74, 6) is 0.719. The topological polar surface area (TPSA) is 24.1 Å². The Morgan fingerprint density at radius 2 is 2.24 bits per heavy atom. The maximum Gasteiger partial charge on any atom is 0.0449 e. The number of benzene rings is 1. The highest BCUT2D eigenvalue weighted by molar-refractivity contribution is 5.36. The van der Waals surface area contributed by atoms with Crippen molar-refractivity contribution in [2.75, 3.05) is 19.6 Å². The molecule has 0 fully saturated rings. The third-order valence-electron chi connectivity index (χ3n) is 3.36. The molecule has 17 heavy (non-hydrogen) atoms. The van der Waals surface area contributed by atoms with Crippen molar-refractivity contribution < 1.29 is 0 Å². The zero-order valence-corrected chi connectivity index (χ0v) is 11.2. The van der Waals surface area contributed by atoms with E-state index in [2.05, 4.69) is 49.6 Å². The normalized spacial score (nSPS) is 19.4. The van der Waals surface area contributed by atoms with Crippen LogP contribution in [0.2, 0.25) is 0 Å². The Morgan fingerprint density at radius 1 is 1.41 bits per heavy atom. The van der Waals surface area contributed by atoms with Crippen molar-refractivity contribution in [3.63, 3.8) is 0 Å². The van der Waals surface area contributed by atoms with Gasteiger partial charge in [0.05, 0.1) is 0 Å². The second-order valence-corrected chi connectivity index (χ2v) is 5.51. The minimum absolute atomic E-state index is 0.484. The van der Waals surface area contributed by atoms with Crippen LogP contribution in [0.15, 0.2) is 18.2 Å². The predicted molar refractivity (Wildman–Crippen MR) is 73.3 cm³/mol. The van der Waals surface area contributed by atoms with Crippen LogP contribution in [0.5, 0.6) is 0 Å². The fraction of sp³-hybridized carbons (Fsp3) is 0.600. The Kier molecular flexibility index (Phi) is 4.19. The standard InChI is InChI=1S/C15H24N2/c1-11(2)9-16-10-15-14-5-4-12(3)8-13(14)6-7-17-15/h4-5,8,11,15-17H,6-7,9-10H2,1-3H3. The first-order valence-electron chi connectivity index (χ1n) is 6.70. The van der Waals surface area contributed by atoms with Crippen LogP contribution in [-0.2, 0) is 6.42 Å². The first kappa shape index (κ1) is 12.6. The molecule has 0 bridgehead atoms. The van der Waals surface area contributed by atoms with E-state index in [1.807, 2.05) is 0 Å². The van der Waals surface area contributed by atoms with Gasteiger partial charge in [0, 0.05) is 12.6 Å². The van der Waals surface area contributed by atoms with Crippen molar-refractivity contribution in [2.45, 2.75) is 33.2 Å². The molecule has 1 aliphatic rings. The van der Waals surface area contributed by atoms with Gasteiger partial charge in [0.15, 0.2) is 0 Å². The number of hydrogen-bond acceptors (Lipinski definition) is 2. The van der Waals surface area contributed by atoms with Crippen molar-refractivity contribution in [1.29, 1.82) is 0 Å². The van der Waals surface area contributed by atoms with Gasteiger partial charge >= 0.3 is 0 Å². The van der Waals surface area contributed by atoms with Crippen LogP contribution in [0.25, 0.3) is 0 Å². The molecule has 2 rings (SSSR count).